The first-order chi connectivity index (χ1) is 13.5. The van der Waals surface area contributed by atoms with Crippen molar-refractivity contribution in [1.29, 1.82) is 0 Å². The minimum Gasteiger partial charge on any atom is -0.335 e. The molecule has 0 unspecified atom stereocenters. The molecule has 7 heteroatoms. The Balaban J connectivity index is 1.46. The van der Waals surface area contributed by atoms with Gasteiger partial charge in [-0.25, -0.2) is 9.18 Å². The first kappa shape index (κ1) is 19.2. The average Bonchev–Trinajstić information content (AvgIpc) is 3.11. The number of hydrogen-bond donors (Lipinski definition) is 1. The number of likely N-dealkylation sites (tertiary alicyclic amines) is 1. The van der Waals surface area contributed by atoms with Gasteiger partial charge in [-0.1, -0.05) is 25.3 Å². The van der Waals surface area contributed by atoms with Gasteiger partial charge in [-0.2, -0.15) is 0 Å². The van der Waals surface area contributed by atoms with Crippen molar-refractivity contribution in [2.45, 2.75) is 50.1 Å². The molecule has 3 amide bonds. The van der Waals surface area contributed by atoms with Crippen LogP contribution in [0.5, 0.6) is 0 Å². The summed E-state index contributed by atoms with van der Waals surface area (Å²) in [4.78, 5) is 31.0. The highest BCUT2D eigenvalue weighted by molar-refractivity contribution is 5.96. The lowest BCUT2D eigenvalue weighted by Gasteiger charge is -2.46. The van der Waals surface area contributed by atoms with Crippen LogP contribution in [0, 0.1) is 5.82 Å². The second kappa shape index (κ2) is 7.70. The second-order valence-corrected chi connectivity index (χ2v) is 8.50. The molecule has 1 saturated carbocycles. The number of nitrogens with one attached hydrogen (secondary N) is 1. The number of urea groups is 1. The van der Waals surface area contributed by atoms with Crippen LogP contribution >= 0.6 is 0 Å². The van der Waals surface area contributed by atoms with E-state index < -0.39 is 0 Å². The Bertz CT molecular complexity index is 752. The molecule has 0 bridgehead atoms. The SMILES string of the molecule is CN1CC(=O)N(c2cccc(F)c2)C[C@]12CCN(C(=O)NC1CCCCC1)C2. The number of hydrogen-bond acceptors (Lipinski definition) is 3. The lowest BCUT2D eigenvalue weighted by atomic mass is 9.92. The van der Waals surface area contributed by atoms with Gasteiger partial charge in [0.15, 0.2) is 0 Å². The van der Waals surface area contributed by atoms with Gasteiger partial charge < -0.3 is 15.1 Å². The minimum absolute atomic E-state index is 0.00591. The highest BCUT2D eigenvalue weighted by Gasteiger charge is 2.48. The minimum atomic E-state index is -0.349. The molecule has 28 heavy (non-hydrogen) atoms. The van der Waals surface area contributed by atoms with E-state index in [1.54, 1.807) is 17.0 Å². The number of halogens is 1. The van der Waals surface area contributed by atoms with E-state index in [4.69, 9.17) is 0 Å². The van der Waals surface area contributed by atoms with Crippen molar-refractivity contribution in [3.63, 3.8) is 0 Å². The van der Waals surface area contributed by atoms with Crippen molar-refractivity contribution in [2.24, 2.45) is 0 Å². The number of likely N-dealkylation sites (N-methyl/N-ethyl adjacent to an activating group) is 1. The summed E-state index contributed by atoms with van der Waals surface area (Å²) in [5, 5.41) is 3.20. The van der Waals surface area contributed by atoms with Gasteiger partial charge in [0.1, 0.15) is 5.82 Å². The van der Waals surface area contributed by atoms with E-state index in [2.05, 4.69) is 10.2 Å². The first-order valence-electron chi connectivity index (χ1n) is 10.3. The second-order valence-electron chi connectivity index (χ2n) is 8.50. The monoisotopic (exact) mass is 388 g/mol. The number of anilines is 1. The molecule has 1 atom stereocenters. The van der Waals surface area contributed by atoms with Crippen molar-refractivity contribution in [3.05, 3.63) is 30.1 Å². The molecule has 1 aromatic carbocycles. The Morgan fingerprint density at radius 3 is 2.75 bits per heavy atom. The number of rotatable bonds is 2. The molecule has 152 valence electrons. The number of carbonyl (C=O) groups is 2. The van der Waals surface area contributed by atoms with Gasteiger partial charge in [-0.3, -0.25) is 9.69 Å². The zero-order valence-corrected chi connectivity index (χ0v) is 16.5. The quantitative estimate of drug-likeness (QED) is 0.847. The highest BCUT2D eigenvalue weighted by Crippen LogP contribution is 2.33. The molecule has 6 nitrogen and oxygen atoms in total. The Morgan fingerprint density at radius 2 is 2.00 bits per heavy atom. The third kappa shape index (κ3) is 3.72. The molecule has 1 aromatic rings. The molecule has 1 N–H and O–H groups in total. The summed E-state index contributed by atoms with van der Waals surface area (Å²) in [5.74, 6) is -0.387. The van der Waals surface area contributed by atoms with Gasteiger partial charge in [0.05, 0.1) is 12.1 Å². The molecule has 4 rings (SSSR count). The normalized spacial score (nSPS) is 26.9. The van der Waals surface area contributed by atoms with Gasteiger partial charge in [-0.05, 0) is 44.5 Å². The highest BCUT2D eigenvalue weighted by atomic mass is 19.1. The predicted octanol–water partition coefficient (Wildman–Crippen LogP) is 2.59. The largest absolute Gasteiger partial charge is 0.335 e. The van der Waals surface area contributed by atoms with Crippen molar-refractivity contribution < 1.29 is 14.0 Å². The third-order valence-corrected chi connectivity index (χ3v) is 6.61. The standard InChI is InChI=1S/C21H29FN4O2/c1-24-13-19(27)26(18-9-5-6-16(22)12-18)15-21(24)10-11-25(14-21)20(28)23-17-7-3-2-4-8-17/h5-6,9,12,17H,2-4,7-8,10-11,13-15H2,1H3,(H,23,28)/t21-/m1/s1. The molecule has 3 aliphatic rings. The molecular weight excluding hydrogens is 359 g/mol. The topological polar surface area (TPSA) is 55.9 Å². The number of benzene rings is 1. The summed E-state index contributed by atoms with van der Waals surface area (Å²) in [6.45, 7) is 2.00. The van der Waals surface area contributed by atoms with Crippen molar-refractivity contribution in [1.82, 2.24) is 15.1 Å². The summed E-state index contributed by atoms with van der Waals surface area (Å²) in [6.07, 6.45) is 6.55. The fraction of sp³-hybridized carbons (Fsp3) is 0.619. The Kier molecular flexibility index (Phi) is 5.27. The zero-order chi connectivity index (χ0) is 19.7. The van der Waals surface area contributed by atoms with E-state index in [9.17, 15) is 14.0 Å². The summed E-state index contributed by atoms with van der Waals surface area (Å²) in [6, 6.07) is 6.47. The Hall–Kier alpha value is -2.15. The van der Waals surface area contributed by atoms with Crippen LogP contribution in [0.25, 0.3) is 0 Å². The smallest absolute Gasteiger partial charge is 0.317 e. The summed E-state index contributed by atoms with van der Waals surface area (Å²) in [5.41, 5.74) is 0.298. The van der Waals surface area contributed by atoms with E-state index in [0.717, 1.165) is 19.3 Å². The van der Waals surface area contributed by atoms with E-state index in [-0.39, 0.29) is 35.9 Å². The van der Waals surface area contributed by atoms with Crippen molar-refractivity contribution in [2.75, 3.05) is 38.1 Å². The maximum Gasteiger partial charge on any atom is 0.317 e. The summed E-state index contributed by atoms with van der Waals surface area (Å²) >= 11 is 0. The van der Waals surface area contributed by atoms with Crippen LogP contribution in [0.15, 0.2) is 24.3 Å². The van der Waals surface area contributed by atoms with Crippen LogP contribution in [-0.4, -0.2) is 66.5 Å². The van der Waals surface area contributed by atoms with Crippen LogP contribution < -0.4 is 10.2 Å². The van der Waals surface area contributed by atoms with Crippen molar-refractivity contribution >= 4 is 17.6 Å². The molecule has 0 aromatic heterocycles. The summed E-state index contributed by atoms with van der Waals surface area (Å²) in [7, 11) is 1.95. The van der Waals surface area contributed by atoms with Gasteiger partial charge in [-0.15, -0.1) is 0 Å². The molecule has 1 spiro atoms. The van der Waals surface area contributed by atoms with E-state index in [1.165, 1.54) is 31.4 Å². The molecule has 2 aliphatic heterocycles. The van der Waals surface area contributed by atoms with Gasteiger partial charge in [0.25, 0.3) is 0 Å². The van der Waals surface area contributed by atoms with E-state index >= 15 is 0 Å². The lowest BCUT2D eigenvalue weighted by Crippen LogP contribution is -2.64. The van der Waals surface area contributed by atoms with Gasteiger partial charge >= 0.3 is 6.03 Å². The number of piperazine rings is 1. The van der Waals surface area contributed by atoms with Crippen LogP contribution in [0.3, 0.4) is 0 Å². The fourth-order valence-electron chi connectivity index (χ4n) is 4.82. The van der Waals surface area contributed by atoms with Crippen LogP contribution in [-0.2, 0) is 4.79 Å². The molecular formula is C21H29FN4O2. The number of carbonyl (C=O) groups excluding carboxylic acids is 2. The molecule has 1 aliphatic carbocycles. The molecule has 0 radical (unpaired) electrons. The average molecular weight is 388 g/mol. The Morgan fingerprint density at radius 1 is 1.21 bits per heavy atom. The van der Waals surface area contributed by atoms with Gasteiger partial charge in [0, 0.05) is 31.4 Å². The van der Waals surface area contributed by atoms with E-state index in [1.807, 2.05) is 11.9 Å². The fourth-order valence-corrected chi connectivity index (χ4v) is 4.82. The molecule has 3 fully saturated rings. The first-order valence-corrected chi connectivity index (χ1v) is 10.3. The predicted molar refractivity (Wildman–Crippen MR) is 106 cm³/mol. The number of amides is 3. The van der Waals surface area contributed by atoms with Crippen LogP contribution in [0.2, 0.25) is 0 Å². The zero-order valence-electron chi connectivity index (χ0n) is 16.5. The summed E-state index contributed by atoms with van der Waals surface area (Å²) < 4.78 is 13.7. The van der Waals surface area contributed by atoms with Crippen LogP contribution in [0.4, 0.5) is 14.9 Å². The van der Waals surface area contributed by atoms with Crippen LogP contribution in [0.1, 0.15) is 38.5 Å². The lowest BCUT2D eigenvalue weighted by molar-refractivity contribution is -0.123. The third-order valence-electron chi connectivity index (χ3n) is 6.61. The molecule has 2 saturated heterocycles. The molecule has 2 heterocycles. The Labute approximate surface area is 165 Å². The number of nitrogens with zero attached hydrogens (tertiary/aromatic N) is 3. The maximum absolute atomic E-state index is 13.7. The van der Waals surface area contributed by atoms with Crippen molar-refractivity contribution in [3.8, 4) is 0 Å². The van der Waals surface area contributed by atoms with Gasteiger partial charge in [0.2, 0.25) is 5.91 Å². The maximum atomic E-state index is 13.7. The van der Waals surface area contributed by atoms with E-state index in [0.29, 0.717) is 25.3 Å².